The molecule has 0 aliphatic heterocycles. The van der Waals surface area contributed by atoms with Crippen LogP contribution in [-0.4, -0.2) is 17.9 Å². The third-order valence-corrected chi connectivity index (χ3v) is 4.28. The lowest BCUT2D eigenvalue weighted by Gasteiger charge is -2.14. The fourth-order valence-corrected chi connectivity index (χ4v) is 2.84. The molecular weight excluding hydrogens is 342 g/mol. The normalized spacial score (nSPS) is 17.7. The number of hydrogen-bond donors (Lipinski definition) is 2. The summed E-state index contributed by atoms with van der Waals surface area (Å²) in [5, 5.41) is 14.7. The van der Waals surface area contributed by atoms with E-state index in [1.54, 1.807) is 36.4 Å². The van der Waals surface area contributed by atoms with Gasteiger partial charge in [-0.1, -0.05) is 24.3 Å². The fourth-order valence-electron chi connectivity index (χ4n) is 2.84. The van der Waals surface area contributed by atoms with E-state index in [-0.39, 0.29) is 23.8 Å². The van der Waals surface area contributed by atoms with Gasteiger partial charge in [-0.05, 0) is 44.5 Å². The number of para-hydroxylation sites is 3. The van der Waals surface area contributed by atoms with Crippen molar-refractivity contribution in [3.05, 3.63) is 54.1 Å². The third kappa shape index (κ3) is 4.45. The van der Waals surface area contributed by atoms with Crippen molar-refractivity contribution < 1.29 is 14.3 Å². The Morgan fingerprint density at radius 2 is 1.56 bits per heavy atom. The maximum absolute atomic E-state index is 12.5. The van der Waals surface area contributed by atoms with Gasteiger partial charge in [-0.25, -0.2) is 0 Å². The molecule has 2 unspecified atom stereocenters. The highest BCUT2D eigenvalue weighted by atomic mass is 16.5. The molecule has 1 fully saturated rings. The third-order valence-electron chi connectivity index (χ3n) is 4.28. The number of nitrogens with zero attached hydrogens (tertiary/aromatic N) is 1. The van der Waals surface area contributed by atoms with Gasteiger partial charge in [0.1, 0.15) is 11.8 Å². The second kappa shape index (κ2) is 7.92. The Kier molecular flexibility index (Phi) is 5.41. The zero-order valence-corrected chi connectivity index (χ0v) is 15.2. The average Bonchev–Trinajstić information content (AvgIpc) is 3.44. The van der Waals surface area contributed by atoms with Crippen LogP contribution in [0, 0.1) is 23.2 Å². The molecule has 2 N–H and O–H groups in total. The number of amides is 2. The van der Waals surface area contributed by atoms with Gasteiger partial charge in [0.15, 0.2) is 0 Å². The van der Waals surface area contributed by atoms with Gasteiger partial charge in [-0.2, -0.15) is 5.26 Å². The van der Waals surface area contributed by atoms with E-state index < -0.39 is 5.92 Å². The number of ether oxygens (including phenoxy) is 1. The Labute approximate surface area is 158 Å². The van der Waals surface area contributed by atoms with Gasteiger partial charge in [-0.3, -0.25) is 9.59 Å². The van der Waals surface area contributed by atoms with E-state index in [1.807, 2.05) is 32.0 Å². The van der Waals surface area contributed by atoms with Gasteiger partial charge in [0.2, 0.25) is 11.8 Å². The van der Waals surface area contributed by atoms with Gasteiger partial charge in [0.25, 0.3) is 0 Å². The van der Waals surface area contributed by atoms with Crippen LogP contribution in [0.3, 0.4) is 0 Å². The van der Waals surface area contributed by atoms with Crippen LogP contribution in [0.15, 0.2) is 48.5 Å². The lowest BCUT2D eigenvalue weighted by molar-refractivity contribution is -0.122. The van der Waals surface area contributed by atoms with E-state index in [4.69, 9.17) is 10.00 Å². The Hall–Kier alpha value is -3.33. The lowest BCUT2D eigenvalue weighted by atomic mass is 10.2. The molecule has 1 aliphatic rings. The van der Waals surface area contributed by atoms with Crippen molar-refractivity contribution >= 4 is 23.2 Å². The molecule has 0 aromatic heterocycles. The first-order valence-electron chi connectivity index (χ1n) is 8.86. The van der Waals surface area contributed by atoms with Crippen molar-refractivity contribution in [3.8, 4) is 11.8 Å². The van der Waals surface area contributed by atoms with Crippen LogP contribution in [0.2, 0.25) is 0 Å². The predicted octanol–water partition coefficient (Wildman–Crippen LogP) is 3.56. The minimum atomic E-state index is -0.394. The van der Waals surface area contributed by atoms with E-state index >= 15 is 0 Å². The molecule has 0 heterocycles. The molecule has 138 valence electrons. The quantitative estimate of drug-likeness (QED) is 0.821. The average molecular weight is 363 g/mol. The van der Waals surface area contributed by atoms with E-state index in [9.17, 15) is 9.59 Å². The topological polar surface area (TPSA) is 91.2 Å². The number of hydrogen-bond acceptors (Lipinski definition) is 4. The van der Waals surface area contributed by atoms with Crippen LogP contribution in [0.4, 0.5) is 11.4 Å². The number of carbonyl (C=O) groups excluding carboxylic acids is 2. The van der Waals surface area contributed by atoms with E-state index in [0.29, 0.717) is 29.1 Å². The van der Waals surface area contributed by atoms with Crippen molar-refractivity contribution in [3.63, 3.8) is 0 Å². The molecule has 1 saturated carbocycles. The number of carbonyl (C=O) groups is 2. The first kappa shape index (κ1) is 18.5. The predicted molar refractivity (Wildman–Crippen MR) is 102 cm³/mol. The lowest BCUT2D eigenvalue weighted by Crippen LogP contribution is -2.21. The molecule has 1 aliphatic carbocycles. The fraction of sp³-hybridized carbons (Fsp3) is 0.286. The summed E-state index contributed by atoms with van der Waals surface area (Å²) < 4.78 is 5.70. The summed E-state index contributed by atoms with van der Waals surface area (Å²) in [4.78, 5) is 24.9. The van der Waals surface area contributed by atoms with Crippen LogP contribution >= 0.6 is 0 Å². The number of rotatable bonds is 6. The minimum absolute atomic E-state index is 0.0114. The summed E-state index contributed by atoms with van der Waals surface area (Å²) in [6.45, 7) is 3.83. The number of nitriles is 1. The zero-order chi connectivity index (χ0) is 19.4. The summed E-state index contributed by atoms with van der Waals surface area (Å²) in [7, 11) is 0. The highest BCUT2D eigenvalue weighted by molar-refractivity contribution is 6.04. The van der Waals surface area contributed by atoms with Crippen molar-refractivity contribution in [1.82, 2.24) is 0 Å². The first-order valence-corrected chi connectivity index (χ1v) is 8.86. The van der Waals surface area contributed by atoms with Crippen LogP contribution in [0.5, 0.6) is 5.75 Å². The Morgan fingerprint density at radius 3 is 2.19 bits per heavy atom. The zero-order valence-electron chi connectivity index (χ0n) is 15.2. The molecule has 2 amide bonds. The largest absolute Gasteiger partial charge is 0.489 e. The molecular formula is C21H21N3O3. The molecule has 0 radical (unpaired) electrons. The number of nitrogens with one attached hydrogen (secondary N) is 2. The van der Waals surface area contributed by atoms with Gasteiger partial charge in [-0.15, -0.1) is 0 Å². The van der Waals surface area contributed by atoms with Crippen LogP contribution in [0.1, 0.15) is 25.8 Å². The van der Waals surface area contributed by atoms with Crippen molar-refractivity contribution in [2.24, 2.45) is 11.8 Å². The SMILES string of the molecule is CC(C)Oc1ccccc1NC(=O)C1CC1C(=O)Nc1ccccc1C#N. The molecule has 0 spiro atoms. The Morgan fingerprint density at radius 1 is 1.00 bits per heavy atom. The van der Waals surface area contributed by atoms with Crippen molar-refractivity contribution in [2.45, 2.75) is 26.4 Å². The summed E-state index contributed by atoms with van der Waals surface area (Å²) in [6.07, 6.45) is 0.474. The first-order chi connectivity index (χ1) is 13.0. The van der Waals surface area contributed by atoms with Crippen LogP contribution in [0.25, 0.3) is 0 Å². The second-order valence-corrected chi connectivity index (χ2v) is 6.75. The van der Waals surface area contributed by atoms with E-state index in [1.165, 1.54) is 0 Å². The van der Waals surface area contributed by atoms with E-state index in [2.05, 4.69) is 10.6 Å². The minimum Gasteiger partial charge on any atom is -0.489 e. The highest BCUT2D eigenvalue weighted by Gasteiger charge is 2.48. The molecule has 0 saturated heterocycles. The molecule has 2 aromatic carbocycles. The molecule has 3 rings (SSSR count). The van der Waals surface area contributed by atoms with E-state index in [0.717, 1.165) is 0 Å². The number of anilines is 2. The standard InChI is InChI=1S/C21H21N3O3/c1-13(2)27-19-10-6-5-9-18(19)24-21(26)16-11-15(16)20(25)23-17-8-4-3-7-14(17)12-22/h3-10,13,15-16H,11H2,1-2H3,(H,23,25)(H,24,26). The molecule has 2 atom stereocenters. The molecule has 6 nitrogen and oxygen atoms in total. The van der Waals surface area contributed by atoms with Crippen LogP contribution < -0.4 is 15.4 Å². The summed E-state index contributed by atoms with van der Waals surface area (Å²) in [5.41, 5.74) is 1.45. The summed E-state index contributed by atoms with van der Waals surface area (Å²) in [5.74, 6) is -0.625. The second-order valence-electron chi connectivity index (χ2n) is 6.75. The summed E-state index contributed by atoms with van der Waals surface area (Å²) in [6, 6.07) is 16.1. The molecule has 0 bridgehead atoms. The van der Waals surface area contributed by atoms with Gasteiger partial charge < -0.3 is 15.4 Å². The van der Waals surface area contributed by atoms with Gasteiger partial charge >= 0.3 is 0 Å². The molecule has 2 aromatic rings. The molecule has 27 heavy (non-hydrogen) atoms. The summed E-state index contributed by atoms with van der Waals surface area (Å²) >= 11 is 0. The molecule has 6 heteroatoms. The number of benzene rings is 2. The van der Waals surface area contributed by atoms with Gasteiger partial charge in [0.05, 0.1) is 34.9 Å². The maximum atomic E-state index is 12.5. The van der Waals surface area contributed by atoms with Crippen molar-refractivity contribution in [1.29, 1.82) is 5.26 Å². The van der Waals surface area contributed by atoms with Gasteiger partial charge in [0, 0.05) is 0 Å². The Balaban J connectivity index is 1.61. The smallest absolute Gasteiger partial charge is 0.228 e. The Bertz CT molecular complexity index is 902. The highest BCUT2D eigenvalue weighted by Crippen LogP contribution is 2.41. The monoisotopic (exact) mass is 363 g/mol. The maximum Gasteiger partial charge on any atom is 0.228 e. The van der Waals surface area contributed by atoms with Crippen molar-refractivity contribution in [2.75, 3.05) is 10.6 Å². The van der Waals surface area contributed by atoms with Crippen LogP contribution in [-0.2, 0) is 9.59 Å².